The van der Waals surface area contributed by atoms with Gasteiger partial charge in [-0.25, -0.2) is 0 Å². The molecule has 10 heteroatoms. The highest BCUT2D eigenvalue weighted by Gasteiger charge is 2.37. The molecular formula is C24H25BF3NO5. The van der Waals surface area contributed by atoms with Crippen LogP contribution in [0.1, 0.15) is 22.3 Å². The largest absolute Gasteiger partial charge is 0.707 e. The Morgan fingerprint density at radius 1 is 0.824 bits per heavy atom. The van der Waals surface area contributed by atoms with Crippen LogP contribution in [0.25, 0.3) is 0 Å². The van der Waals surface area contributed by atoms with Gasteiger partial charge in [0.05, 0.1) is 19.8 Å². The first-order valence-electron chi connectivity index (χ1n) is 10.4. The third-order valence-electron chi connectivity index (χ3n) is 5.23. The fraction of sp³-hybridized carbons (Fsp3) is 0.250. The van der Waals surface area contributed by atoms with Crippen LogP contribution >= 0.6 is 0 Å². The Bertz CT molecular complexity index is 1040. The van der Waals surface area contributed by atoms with Gasteiger partial charge in [-0.05, 0) is 53.9 Å². The number of hydrogen-bond acceptors (Lipinski definition) is 6. The zero-order valence-corrected chi connectivity index (χ0v) is 19.0. The van der Waals surface area contributed by atoms with Crippen LogP contribution in [0, 0.1) is 6.92 Å². The van der Waals surface area contributed by atoms with Crippen LogP contribution in [0.3, 0.4) is 0 Å². The van der Waals surface area contributed by atoms with E-state index in [1.54, 1.807) is 38.5 Å². The molecule has 0 aliphatic carbocycles. The Hall–Kier alpha value is -3.37. The van der Waals surface area contributed by atoms with Crippen LogP contribution < -0.4 is 19.0 Å². The minimum absolute atomic E-state index is 0.102. The van der Waals surface area contributed by atoms with E-state index in [1.807, 2.05) is 29.2 Å². The fourth-order valence-electron chi connectivity index (χ4n) is 3.63. The van der Waals surface area contributed by atoms with Crippen molar-refractivity contribution in [2.24, 2.45) is 0 Å². The molecule has 2 N–H and O–H groups in total. The molecule has 34 heavy (non-hydrogen) atoms. The number of ether oxygens (including phenoxy) is 2. The molecule has 0 unspecified atom stereocenters. The van der Waals surface area contributed by atoms with Crippen molar-refractivity contribution >= 4 is 13.0 Å². The van der Waals surface area contributed by atoms with Gasteiger partial charge in [0.1, 0.15) is 17.2 Å². The van der Waals surface area contributed by atoms with Gasteiger partial charge in [0.15, 0.2) is 0 Å². The summed E-state index contributed by atoms with van der Waals surface area (Å²) in [5.74, 6) is 0.707. The Morgan fingerprint density at radius 3 is 1.68 bits per heavy atom. The third kappa shape index (κ3) is 6.36. The lowest BCUT2D eigenvalue weighted by Crippen LogP contribution is -2.25. The predicted molar refractivity (Wildman–Crippen MR) is 123 cm³/mol. The highest BCUT2D eigenvalue weighted by Crippen LogP contribution is 2.41. The van der Waals surface area contributed by atoms with E-state index in [9.17, 15) is 23.2 Å². The van der Waals surface area contributed by atoms with Crippen LogP contribution in [0.2, 0.25) is 0 Å². The van der Waals surface area contributed by atoms with Gasteiger partial charge in [0.2, 0.25) is 0 Å². The molecule has 0 saturated heterocycles. The van der Waals surface area contributed by atoms with Gasteiger partial charge in [-0.1, -0.05) is 24.3 Å². The van der Waals surface area contributed by atoms with E-state index in [0.29, 0.717) is 30.3 Å². The summed E-state index contributed by atoms with van der Waals surface area (Å²) in [6, 6.07) is 17.2. The number of nitrogens with zero attached hydrogens (tertiary/aromatic N) is 1. The van der Waals surface area contributed by atoms with Crippen LogP contribution in [0.15, 0.2) is 60.7 Å². The molecular weight excluding hydrogens is 450 g/mol. The first-order chi connectivity index (χ1) is 16.1. The maximum absolute atomic E-state index is 13.6. The van der Waals surface area contributed by atoms with Gasteiger partial charge in [-0.15, -0.1) is 0 Å². The number of alkyl halides is 3. The molecule has 3 rings (SSSR count). The number of hydrogen-bond donors (Lipinski definition) is 2. The molecule has 3 aromatic rings. The average molecular weight is 475 g/mol. The molecule has 0 atom stereocenters. The van der Waals surface area contributed by atoms with Crippen LogP contribution in [-0.4, -0.2) is 31.6 Å². The number of methoxy groups -OCH3 is 2. The molecule has 0 amide bonds. The van der Waals surface area contributed by atoms with Gasteiger partial charge in [0.25, 0.3) is 0 Å². The number of benzene rings is 3. The zero-order valence-electron chi connectivity index (χ0n) is 19.0. The second kappa shape index (κ2) is 10.7. The summed E-state index contributed by atoms with van der Waals surface area (Å²) in [5, 5.41) is 18.4. The van der Waals surface area contributed by atoms with Crippen LogP contribution in [0.4, 0.5) is 18.9 Å². The number of halogens is 3. The van der Waals surface area contributed by atoms with E-state index in [0.717, 1.165) is 11.1 Å². The van der Waals surface area contributed by atoms with Crippen LogP contribution in [-0.2, 0) is 19.3 Å². The van der Waals surface area contributed by atoms with Crippen molar-refractivity contribution in [2.75, 3.05) is 19.1 Å². The van der Waals surface area contributed by atoms with Crippen molar-refractivity contribution in [3.05, 3.63) is 82.9 Å². The summed E-state index contributed by atoms with van der Waals surface area (Å²) < 4.78 is 56.1. The zero-order chi connectivity index (χ0) is 24.9. The van der Waals surface area contributed by atoms with Crippen molar-refractivity contribution < 1.29 is 37.3 Å². The van der Waals surface area contributed by atoms with E-state index in [4.69, 9.17) is 14.1 Å². The highest BCUT2D eigenvalue weighted by molar-refractivity contribution is 6.33. The Labute approximate surface area is 196 Å². The number of rotatable bonds is 9. The Balaban J connectivity index is 2.04. The van der Waals surface area contributed by atoms with Gasteiger partial charge < -0.3 is 29.1 Å². The lowest BCUT2D eigenvalue weighted by atomic mass is 10.0. The second-order valence-corrected chi connectivity index (χ2v) is 7.63. The normalized spacial score (nSPS) is 11.2. The topological polar surface area (TPSA) is 71.4 Å². The Kier molecular flexibility index (Phi) is 7.96. The average Bonchev–Trinajstić information content (AvgIpc) is 2.78. The molecule has 0 aromatic heterocycles. The smallest absolute Gasteiger partial charge is 0.511 e. The molecule has 0 fully saturated rings. The van der Waals surface area contributed by atoms with Crippen molar-refractivity contribution in [2.45, 2.75) is 26.2 Å². The van der Waals surface area contributed by atoms with Crippen molar-refractivity contribution in [1.82, 2.24) is 0 Å². The minimum Gasteiger partial charge on any atom is -0.511 e. The summed E-state index contributed by atoms with van der Waals surface area (Å²) in [7, 11) is 0.729. The van der Waals surface area contributed by atoms with Crippen molar-refractivity contribution in [3.8, 4) is 17.2 Å². The molecule has 6 nitrogen and oxygen atoms in total. The van der Waals surface area contributed by atoms with E-state index in [2.05, 4.69) is 0 Å². The highest BCUT2D eigenvalue weighted by atomic mass is 19.4. The minimum atomic E-state index is -4.73. The second-order valence-electron chi connectivity index (χ2n) is 7.63. The molecule has 3 aromatic carbocycles. The number of anilines is 1. The molecule has 0 saturated carbocycles. The third-order valence-corrected chi connectivity index (χ3v) is 5.23. The maximum Gasteiger partial charge on any atom is 0.707 e. The number of aryl methyl sites for hydroxylation is 1. The Morgan fingerprint density at radius 2 is 1.29 bits per heavy atom. The molecule has 180 valence electrons. The molecule has 0 aliphatic rings. The predicted octanol–water partition coefficient (Wildman–Crippen LogP) is 4.59. The van der Waals surface area contributed by atoms with Gasteiger partial charge in [-0.2, -0.15) is 13.2 Å². The van der Waals surface area contributed by atoms with Gasteiger partial charge >= 0.3 is 13.5 Å². The summed E-state index contributed by atoms with van der Waals surface area (Å²) in [6.07, 6.45) is -4.73. The quantitative estimate of drug-likeness (QED) is 0.442. The fourth-order valence-corrected chi connectivity index (χ4v) is 3.63. The van der Waals surface area contributed by atoms with E-state index >= 15 is 0 Å². The van der Waals surface area contributed by atoms with Crippen molar-refractivity contribution in [1.29, 1.82) is 0 Å². The van der Waals surface area contributed by atoms with Crippen molar-refractivity contribution in [3.63, 3.8) is 0 Å². The SMILES string of the molecule is COc1ccc(CN(Cc2ccc(OC)cc2)c2cc(C)c(C(F)(F)F)c(OB(O)O)c2)cc1. The standard InChI is InChI=1S/C24H25BF3NO5/c1-16-12-19(13-22(34-25(30)31)23(16)24(26,27)28)29(14-17-4-8-20(32-2)9-5-17)15-18-6-10-21(33-3)11-7-18/h4-13,30-31H,14-15H2,1-3H3. The lowest BCUT2D eigenvalue weighted by Gasteiger charge is -2.28. The molecule has 0 bridgehead atoms. The summed E-state index contributed by atoms with van der Waals surface area (Å²) in [6.45, 7) is 2.03. The van der Waals surface area contributed by atoms with Gasteiger partial charge in [0, 0.05) is 24.8 Å². The monoisotopic (exact) mass is 475 g/mol. The first kappa shape index (κ1) is 25.3. The summed E-state index contributed by atoms with van der Waals surface area (Å²) in [4.78, 5) is 1.87. The van der Waals surface area contributed by atoms with Crippen LogP contribution in [0.5, 0.6) is 17.2 Å². The molecule has 0 radical (unpaired) electrons. The lowest BCUT2D eigenvalue weighted by molar-refractivity contribution is -0.138. The van der Waals surface area contributed by atoms with E-state index < -0.39 is 24.8 Å². The molecule has 0 aliphatic heterocycles. The first-order valence-corrected chi connectivity index (χ1v) is 10.4. The molecule has 0 heterocycles. The van der Waals surface area contributed by atoms with Gasteiger partial charge in [-0.3, -0.25) is 0 Å². The molecule has 0 spiro atoms. The van der Waals surface area contributed by atoms with E-state index in [-0.39, 0.29) is 5.56 Å². The summed E-state index contributed by atoms with van der Waals surface area (Å²) >= 11 is 0. The van der Waals surface area contributed by atoms with E-state index in [1.165, 1.54) is 19.1 Å². The maximum atomic E-state index is 13.6. The summed E-state index contributed by atoms with van der Waals surface area (Å²) in [5.41, 5.74) is 1.06.